The fourth-order valence-electron chi connectivity index (χ4n) is 1.75. The maximum atomic E-state index is 12.2. The lowest BCUT2D eigenvalue weighted by Crippen LogP contribution is -2.29. The first-order valence-electron chi connectivity index (χ1n) is 5.14. The molecule has 1 aliphatic rings. The highest BCUT2D eigenvalue weighted by atomic mass is 79.9. The first kappa shape index (κ1) is 12.8. The van der Waals surface area contributed by atoms with E-state index in [4.69, 9.17) is 5.73 Å². The van der Waals surface area contributed by atoms with Gasteiger partial charge in [0.2, 0.25) is 10.0 Å². The Kier molecular flexibility index (Phi) is 3.44. The van der Waals surface area contributed by atoms with Crippen LogP contribution < -0.4 is 5.73 Å². The topological polar surface area (TPSA) is 83.6 Å². The van der Waals surface area contributed by atoms with Gasteiger partial charge in [-0.2, -0.15) is 4.31 Å². The van der Waals surface area contributed by atoms with Gasteiger partial charge >= 0.3 is 0 Å². The van der Waals surface area contributed by atoms with Crippen LogP contribution >= 0.6 is 15.9 Å². The molecule has 1 aromatic rings. The number of aliphatic hydroxyl groups is 1. The molecule has 1 fully saturated rings. The van der Waals surface area contributed by atoms with Crippen molar-refractivity contribution in [3.05, 3.63) is 22.7 Å². The Bertz CT molecular complexity index is 532. The number of rotatable bonds is 2. The standard InChI is InChI=1S/C10H13BrN2O3S/c11-9-5-8(1-2-10(9)12)17(15,16)13-4-3-7(14)6-13/h1-2,5,7,14H,3-4,6,12H2/t7-/m0/s1. The Labute approximate surface area is 108 Å². The quantitative estimate of drug-likeness (QED) is 0.789. The van der Waals surface area contributed by atoms with E-state index in [9.17, 15) is 13.5 Å². The SMILES string of the molecule is Nc1ccc(S(=O)(=O)N2CC[C@H](O)C2)cc1Br. The van der Waals surface area contributed by atoms with E-state index in [1.165, 1.54) is 16.4 Å². The predicted molar refractivity (Wildman–Crippen MR) is 67.9 cm³/mol. The summed E-state index contributed by atoms with van der Waals surface area (Å²) in [4.78, 5) is 0.188. The maximum Gasteiger partial charge on any atom is 0.243 e. The number of benzene rings is 1. The average Bonchev–Trinajstić information content (AvgIpc) is 2.69. The van der Waals surface area contributed by atoms with Crippen LogP contribution in [0.25, 0.3) is 0 Å². The second-order valence-electron chi connectivity index (χ2n) is 3.99. The maximum absolute atomic E-state index is 12.2. The van der Waals surface area contributed by atoms with Crippen molar-refractivity contribution in [2.75, 3.05) is 18.8 Å². The lowest BCUT2D eigenvalue weighted by atomic mass is 10.3. The first-order valence-corrected chi connectivity index (χ1v) is 7.38. The number of halogens is 1. The van der Waals surface area contributed by atoms with Crippen molar-refractivity contribution >= 4 is 31.6 Å². The molecule has 0 unspecified atom stereocenters. The highest BCUT2D eigenvalue weighted by Crippen LogP contribution is 2.26. The normalized spacial score (nSPS) is 21.9. The first-order chi connectivity index (χ1) is 7.91. The summed E-state index contributed by atoms with van der Waals surface area (Å²) >= 11 is 3.20. The van der Waals surface area contributed by atoms with Crippen molar-refractivity contribution in [3.8, 4) is 0 Å². The molecule has 1 aliphatic heterocycles. The van der Waals surface area contributed by atoms with E-state index in [0.29, 0.717) is 23.1 Å². The van der Waals surface area contributed by atoms with Crippen molar-refractivity contribution in [1.29, 1.82) is 0 Å². The lowest BCUT2D eigenvalue weighted by molar-refractivity contribution is 0.189. The Morgan fingerprint density at radius 1 is 1.47 bits per heavy atom. The molecule has 0 aliphatic carbocycles. The molecule has 1 saturated heterocycles. The van der Waals surface area contributed by atoms with Gasteiger partial charge in [0, 0.05) is 23.2 Å². The van der Waals surface area contributed by atoms with E-state index in [1.54, 1.807) is 6.07 Å². The van der Waals surface area contributed by atoms with Gasteiger partial charge in [-0.1, -0.05) is 0 Å². The molecule has 0 saturated carbocycles. The van der Waals surface area contributed by atoms with Crippen molar-refractivity contribution in [1.82, 2.24) is 4.31 Å². The Balaban J connectivity index is 2.35. The van der Waals surface area contributed by atoms with E-state index in [1.807, 2.05) is 0 Å². The minimum atomic E-state index is -3.52. The molecule has 0 spiro atoms. The molecule has 1 heterocycles. The van der Waals surface area contributed by atoms with Gasteiger partial charge in [-0.25, -0.2) is 8.42 Å². The largest absolute Gasteiger partial charge is 0.398 e. The van der Waals surface area contributed by atoms with Gasteiger partial charge in [0.25, 0.3) is 0 Å². The molecule has 1 aromatic carbocycles. The molecule has 1 atom stereocenters. The van der Waals surface area contributed by atoms with Gasteiger partial charge in [0.05, 0.1) is 11.0 Å². The van der Waals surface area contributed by atoms with Crippen LogP contribution in [0.1, 0.15) is 6.42 Å². The van der Waals surface area contributed by atoms with Crippen LogP contribution in [0, 0.1) is 0 Å². The number of nitrogens with two attached hydrogens (primary N) is 1. The fourth-order valence-corrected chi connectivity index (χ4v) is 3.80. The zero-order valence-corrected chi connectivity index (χ0v) is 11.4. The molecule has 0 radical (unpaired) electrons. The minimum absolute atomic E-state index is 0.157. The molecule has 0 aromatic heterocycles. The van der Waals surface area contributed by atoms with E-state index < -0.39 is 16.1 Å². The number of anilines is 1. The summed E-state index contributed by atoms with van der Waals surface area (Å²) in [5, 5.41) is 9.37. The Morgan fingerprint density at radius 2 is 2.18 bits per heavy atom. The number of nitrogens with zero attached hydrogens (tertiary/aromatic N) is 1. The molecule has 0 bridgehead atoms. The molecule has 94 valence electrons. The highest BCUT2D eigenvalue weighted by molar-refractivity contribution is 9.10. The Hall–Kier alpha value is -0.630. The molecule has 5 nitrogen and oxygen atoms in total. The zero-order chi connectivity index (χ0) is 12.6. The molecular formula is C10H13BrN2O3S. The number of aliphatic hydroxyl groups excluding tert-OH is 1. The number of hydrogen-bond acceptors (Lipinski definition) is 4. The minimum Gasteiger partial charge on any atom is -0.398 e. The van der Waals surface area contributed by atoms with Crippen LogP contribution in [0.5, 0.6) is 0 Å². The summed E-state index contributed by atoms with van der Waals surface area (Å²) in [5.41, 5.74) is 6.10. The molecule has 0 amide bonds. The number of β-amino-alcohol motifs (C(OH)–C–C–N with tert-alkyl or cyclic N) is 1. The number of nitrogen functional groups attached to an aromatic ring is 1. The van der Waals surface area contributed by atoms with Gasteiger partial charge in [-0.15, -0.1) is 0 Å². The fraction of sp³-hybridized carbons (Fsp3) is 0.400. The summed E-state index contributed by atoms with van der Waals surface area (Å²) in [6.45, 7) is 0.510. The van der Waals surface area contributed by atoms with Gasteiger partial charge in [-0.05, 0) is 40.5 Å². The monoisotopic (exact) mass is 320 g/mol. The summed E-state index contributed by atoms with van der Waals surface area (Å²) in [5.74, 6) is 0. The van der Waals surface area contributed by atoms with Gasteiger partial charge < -0.3 is 10.8 Å². The van der Waals surface area contributed by atoms with Crippen LogP contribution in [0.15, 0.2) is 27.6 Å². The second-order valence-corrected chi connectivity index (χ2v) is 6.78. The van der Waals surface area contributed by atoms with Crippen LogP contribution in [-0.4, -0.2) is 37.0 Å². The van der Waals surface area contributed by atoms with E-state index in [2.05, 4.69) is 15.9 Å². The Morgan fingerprint density at radius 3 is 2.71 bits per heavy atom. The summed E-state index contributed by atoms with van der Waals surface area (Å²) in [7, 11) is -3.52. The number of hydrogen-bond donors (Lipinski definition) is 2. The molecule has 2 rings (SSSR count). The van der Waals surface area contributed by atoms with Crippen LogP contribution in [0.2, 0.25) is 0 Å². The zero-order valence-electron chi connectivity index (χ0n) is 9.01. The molecular weight excluding hydrogens is 308 g/mol. The van der Waals surface area contributed by atoms with E-state index in [0.717, 1.165) is 0 Å². The third kappa shape index (κ3) is 2.47. The van der Waals surface area contributed by atoms with Crippen molar-refractivity contribution in [2.24, 2.45) is 0 Å². The second kappa shape index (κ2) is 4.56. The molecule has 7 heteroatoms. The van der Waals surface area contributed by atoms with Crippen molar-refractivity contribution < 1.29 is 13.5 Å². The van der Waals surface area contributed by atoms with Gasteiger partial charge in [0.15, 0.2) is 0 Å². The van der Waals surface area contributed by atoms with Crippen molar-refractivity contribution in [2.45, 2.75) is 17.4 Å². The van der Waals surface area contributed by atoms with Crippen LogP contribution in [0.4, 0.5) is 5.69 Å². The third-order valence-corrected chi connectivity index (χ3v) is 5.28. The third-order valence-electron chi connectivity index (χ3n) is 2.74. The van der Waals surface area contributed by atoms with Crippen LogP contribution in [-0.2, 0) is 10.0 Å². The lowest BCUT2D eigenvalue weighted by Gasteiger charge is -2.16. The van der Waals surface area contributed by atoms with Crippen molar-refractivity contribution in [3.63, 3.8) is 0 Å². The van der Waals surface area contributed by atoms with E-state index in [-0.39, 0.29) is 11.4 Å². The van der Waals surface area contributed by atoms with Gasteiger partial charge in [-0.3, -0.25) is 0 Å². The highest BCUT2D eigenvalue weighted by Gasteiger charge is 2.31. The smallest absolute Gasteiger partial charge is 0.243 e. The molecule has 3 N–H and O–H groups in total. The number of sulfonamides is 1. The molecule has 17 heavy (non-hydrogen) atoms. The van der Waals surface area contributed by atoms with Gasteiger partial charge in [0.1, 0.15) is 0 Å². The van der Waals surface area contributed by atoms with Crippen LogP contribution in [0.3, 0.4) is 0 Å². The predicted octanol–water partition coefficient (Wildman–Crippen LogP) is 0.787. The summed E-state index contributed by atoms with van der Waals surface area (Å²) in [6.07, 6.45) is -0.0861. The average molecular weight is 321 g/mol. The summed E-state index contributed by atoms with van der Waals surface area (Å²) in [6, 6.07) is 4.50. The van der Waals surface area contributed by atoms with E-state index >= 15 is 0 Å². The summed E-state index contributed by atoms with van der Waals surface area (Å²) < 4.78 is 26.2.